The predicted octanol–water partition coefficient (Wildman–Crippen LogP) is 4.54. The number of amides is 1. The second kappa shape index (κ2) is 8.03. The van der Waals surface area contributed by atoms with Gasteiger partial charge in [0.15, 0.2) is 11.5 Å². The number of alkyl halides is 3. The molecule has 2 aromatic heterocycles. The number of rotatable bonds is 5. The summed E-state index contributed by atoms with van der Waals surface area (Å²) in [5.41, 5.74) is -0.605. The van der Waals surface area contributed by atoms with Crippen LogP contribution in [0.1, 0.15) is 17.0 Å². The molecule has 154 valence electrons. The number of halogens is 6. The molecule has 0 unspecified atom stereocenters. The number of aromatic nitrogens is 4. The fourth-order valence-electron chi connectivity index (χ4n) is 2.52. The molecular weight excluding hydrogens is 437 g/mol. The lowest BCUT2D eigenvalue weighted by Crippen LogP contribution is -2.21. The molecule has 6 nitrogen and oxygen atoms in total. The zero-order chi connectivity index (χ0) is 21.3. The third-order valence-corrected chi connectivity index (χ3v) is 4.76. The van der Waals surface area contributed by atoms with Crippen molar-refractivity contribution in [3.05, 3.63) is 63.3 Å². The van der Waals surface area contributed by atoms with Crippen molar-refractivity contribution >= 4 is 34.9 Å². The van der Waals surface area contributed by atoms with Crippen LogP contribution in [0.4, 0.5) is 23.4 Å². The lowest BCUT2D eigenvalue weighted by molar-refractivity contribution is -0.141. The Hall–Kier alpha value is -2.59. The molecule has 0 spiro atoms. The average Bonchev–Trinajstić information content (AvgIpc) is 3.16. The number of carbonyl (C=O) groups is 1. The summed E-state index contributed by atoms with van der Waals surface area (Å²) in [7, 11) is 0. The molecule has 3 aromatic rings. The van der Waals surface area contributed by atoms with Gasteiger partial charge in [0.05, 0.1) is 17.3 Å². The fraction of sp³-hybridized carbons (Fsp3) is 0.235. The van der Waals surface area contributed by atoms with E-state index in [1.807, 2.05) is 0 Å². The molecule has 2 heterocycles. The largest absolute Gasteiger partial charge is 0.436 e. The Kier molecular flexibility index (Phi) is 5.85. The second-order valence-corrected chi connectivity index (χ2v) is 6.87. The van der Waals surface area contributed by atoms with Crippen LogP contribution < -0.4 is 5.32 Å². The molecule has 29 heavy (non-hydrogen) atoms. The summed E-state index contributed by atoms with van der Waals surface area (Å²) < 4.78 is 54.0. The number of anilines is 1. The first-order chi connectivity index (χ1) is 13.5. The minimum atomic E-state index is -4.72. The smallest absolute Gasteiger partial charge is 0.308 e. The van der Waals surface area contributed by atoms with Gasteiger partial charge in [-0.3, -0.25) is 14.2 Å². The first-order valence-corrected chi connectivity index (χ1v) is 8.87. The number of hydrogen-bond donors (Lipinski definition) is 1. The van der Waals surface area contributed by atoms with Crippen LogP contribution in [-0.4, -0.2) is 25.5 Å². The summed E-state index contributed by atoms with van der Waals surface area (Å²) in [5, 5.41) is 9.65. The molecule has 0 atom stereocenters. The summed E-state index contributed by atoms with van der Waals surface area (Å²) >= 11 is 11.6. The van der Waals surface area contributed by atoms with Crippen LogP contribution in [0.2, 0.25) is 10.0 Å². The summed E-state index contributed by atoms with van der Waals surface area (Å²) in [6.45, 7) is 1.09. The SMILES string of the molecule is Cc1c(Cl)c(C(F)(F)F)nn1CC(=O)Nc1ccn(Cc2ccc(F)cc2Cl)n1. The minimum Gasteiger partial charge on any atom is -0.308 e. The Balaban J connectivity index is 1.66. The van der Waals surface area contributed by atoms with Crippen LogP contribution >= 0.6 is 23.2 Å². The molecule has 1 N–H and O–H groups in total. The van der Waals surface area contributed by atoms with Crippen molar-refractivity contribution in [3.8, 4) is 0 Å². The molecule has 0 aliphatic heterocycles. The molecule has 12 heteroatoms. The quantitative estimate of drug-likeness (QED) is 0.581. The summed E-state index contributed by atoms with van der Waals surface area (Å²) in [4.78, 5) is 12.2. The van der Waals surface area contributed by atoms with Crippen LogP contribution in [0, 0.1) is 12.7 Å². The van der Waals surface area contributed by atoms with Gasteiger partial charge in [0, 0.05) is 17.3 Å². The van der Waals surface area contributed by atoms with Crippen molar-refractivity contribution < 1.29 is 22.4 Å². The van der Waals surface area contributed by atoms with E-state index in [0.29, 0.717) is 5.56 Å². The van der Waals surface area contributed by atoms with Crippen molar-refractivity contribution in [2.45, 2.75) is 26.2 Å². The molecule has 0 aliphatic carbocycles. The summed E-state index contributed by atoms with van der Waals surface area (Å²) in [6.07, 6.45) is -3.16. The Morgan fingerprint density at radius 3 is 2.55 bits per heavy atom. The van der Waals surface area contributed by atoms with Gasteiger partial charge < -0.3 is 5.32 Å². The number of carbonyl (C=O) groups excluding carboxylic acids is 1. The van der Waals surface area contributed by atoms with Crippen molar-refractivity contribution in [2.24, 2.45) is 0 Å². The summed E-state index contributed by atoms with van der Waals surface area (Å²) in [6, 6.07) is 5.45. The normalized spacial score (nSPS) is 11.7. The molecule has 0 bridgehead atoms. The van der Waals surface area contributed by atoms with Crippen LogP contribution in [0.15, 0.2) is 30.5 Å². The van der Waals surface area contributed by atoms with Gasteiger partial charge >= 0.3 is 6.18 Å². The zero-order valence-electron chi connectivity index (χ0n) is 14.8. The topological polar surface area (TPSA) is 64.7 Å². The van der Waals surface area contributed by atoms with Crippen LogP contribution in [0.3, 0.4) is 0 Å². The predicted molar refractivity (Wildman–Crippen MR) is 98.3 cm³/mol. The zero-order valence-corrected chi connectivity index (χ0v) is 16.3. The highest BCUT2D eigenvalue weighted by Gasteiger charge is 2.38. The number of nitrogens with zero attached hydrogens (tertiary/aromatic N) is 4. The first-order valence-electron chi connectivity index (χ1n) is 8.12. The van der Waals surface area contributed by atoms with Gasteiger partial charge in [-0.2, -0.15) is 23.4 Å². The van der Waals surface area contributed by atoms with E-state index >= 15 is 0 Å². The molecule has 0 saturated heterocycles. The molecule has 0 saturated carbocycles. The van der Waals surface area contributed by atoms with Gasteiger partial charge in [0.1, 0.15) is 12.4 Å². The maximum absolute atomic E-state index is 13.1. The lowest BCUT2D eigenvalue weighted by Gasteiger charge is -2.06. The van der Waals surface area contributed by atoms with E-state index in [-0.39, 0.29) is 23.1 Å². The molecule has 1 amide bonds. The van der Waals surface area contributed by atoms with Gasteiger partial charge in [-0.05, 0) is 24.6 Å². The van der Waals surface area contributed by atoms with E-state index in [9.17, 15) is 22.4 Å². The highest BCUT2D eigenvalue weighted by molar-refractivity contribution is 6.32. The van der Waals surface area contributed by atoms with Crippen molar-refractivity contribution in [1.29, 1.82) is 0 Å². The van der Waals surface area contributed by atoms with Crippen molar-refractivity contribution in [1.82, 2.24) is 19.6 Å². The maximum atomic E-state index is 13.1. The van der Waals surface area contributed by atoms with Gasteiger partial charge in [0.2, 0.25) is 5.91 Å². The van der Waals surface area contributed by atoms with E-state index in [4.69, 9.17) is 23.2 Å². The monoisotopic (exact) mass is 449 g/mol. The van der Waals surface area contributed by atoms with E-state index in [1.165, 1.54) is 35.9 Å². The van der Waals surface area contributed by atoms with Crippen LogP contribution in [0.25, 0.3) is 0 Å². The molecule has 0 aliphatic rings. The fourth-order valence-corrected chi connectivity index (χ4v) is 2.99. The van der Waals surface area contributed by atoms with Gasteiger partial charge in [-0.25, -0.2) is 4.39 Å². The number of benzene rings is 1. The third-order valence-electron chi connectivity index (χ3n) is 3.95. The standard InChI is InChI=1S/C17H13Cl2F4N5O/c1-9-15(19)16(17(21,22)23)26-28(9)8-14(29)24-13-4-5-27(25-13)7-10-2-3-11(20)6-12(10)18/h2-6H,7-8H2,1H3,(H,24,25,29). The molecule has 3 rings (SSSR count). The van der Waals surface area contributed by atoms with Gasteiger partial charge in [-0.1, -0.05) is 29.3 Å². The van der Waals surface area contributed by atoms with Crippen molar-refractivity contribution in [2.75, 3.05) is 5.32 Å². The Morgan fingerprint density at radius 2 is 1.93 bits per heavy atom. The van der Waals surface area contributed by atoms with Crippen LogP contribution in [0.5, 0.6) is 0 Å². The minimum absolute atomic E-state index is 0.0191. The van der Waals surface area contributed by atoms with E-state index < -0.39 is 35.2 Å². The lowest BCUT2D eigenvalue weighted by atomic mass is 10.2. The van der Waals surface area contributed by atoms with Crippen molar-refractivity contribution in [3.63, 3.8) is 0 Å². The average molecular weight is 450 g/mol. The van der Waals surface area contributed by atoms with Gasteiger partial charge in [-0.15, -0.1) is 0 Å². The Bertz CT molecular complexity index is 1060. The van der Waals surface area contributed by atoms with E-state index in [2.05, 4.69) is 15.5 Å². The molecule has 0 radical (unpaired) electrons. The molecular formula is C17H13Cl2F4N5O. The van der Waals surface area contributed by atoms with E-state index in [0.717, 1.165) is 4.68 Å². The highest BCUT2D eigenvalue weighted by Crippen LogP contribution is 2.35. The number of hydrogen-bond acceptors (Lipinski definition) is 3. The third kappa shape index (κ3) is 4.88. The van der Waals surface area contributed by atoms with E-state index in [1.54, 1.807) is 6.20 Å². The van der Waals surface area contributed by atoms with Crippen LogP contribution in [-0.2, 0) is 24.1 Å². The Labute approximate surface area is 172 Å². The van der Waals surface area contributed by atoms with Gasteiger partial charge in [0.25, 0.3) is 0 Å². The molecule has 0 fully saturated rings. The second-order valence-electron chi connectivity index (χ2n) is 6.09. The molecule has 1 aromatic carbocycles. The maximum Gasteiger partial charge on any atom is 0.436 e. The Morgan fingerprint density at radius 1 is 1.21 bits per heavy atom. The highest BCUT2D eigenvalue weighted by atomic mass is 35.5. The summed E-state index contributed by atoms with van der Waals surface area (Å²) in [5.74, 6) is -0.916. The first kappa shape index (κ1) is 21.1. The number of nitrogens with one attached hydrogen (secondary N) is 1.